The number of hydrogen-bond donors (Lipinski definition) is 3. The van der Waals surface area contributed by atoms with Gasteiger partial charge in [-0.05, 0) is 44.1 Å². The van der Waals surface area contributed by atoms with Gasteiger partial charge in [-0.3, -0.25) is 0 Å². The molecule has 0 amide bonds. The Kier molecular flexibility index (Phi) is 7.45. The third-order valence-corrected chi connectivity index (χ3v) is 6.97. The fourth-order valence-corrected chi connectivity index (χ4v) is 4.58. The van der Waals surface area contributed by atoms with Crippen LogP contribution in [0.2, 0.25) is 0 Å². The molecule has 3 N–H and O–H groups in total. The van der Waals surface area contributed by atoms with E-state index in [9.17, 15) is 13.5 Å². The largest absolute Gasteiger partial charge is 0.383 e. The number of nitrogens with zero attached hydrogens (tertiary/aromatic N) is 2. The van der Waals surface area contributed by atoms with Gasteiger partial charge in [-0.2, -0.15) is 0 Å². The summed E-state index contributed by atoms with van der Waals surface area (Å²) in [7, 11) is -3.09. The minimum Gasteiger partial charge on any atom is -0.383 e. The normalized spacial score (nSPS) is 19.9. The Morgan fingerprint density at radius 1 is 1.42 bits per heavy atom. The highest BCUT2D eigenvalue weighted by Gasteiger charge is 2.26. The van der Waals surface area contributed by atoms with Gasteiger partial charge in [0.15, 0.2) is 5.96 Å². The van der Waals surface area contributed by atoms with Crippen LogP contribution in [0.1, 0.15) is 31.6 Å². The number of sulfonamides is 1. The number of nitrogens with one attached hydrogen (secondary N) is 2. The Labute approximate surface area is 160 Å². The highest BCUT2D eigenvalue weighted by molar-refractivity contribution is 7.88. The maximum absolute atomic E-state index is 11.6. The Balaban J connectivity index is 1.86. The molecule has 148 valence electrons. The van der Waals surface area contributed by atoms with E-state index in [1.54, 1.807) is 11.2 Å². The Bertz CT molecular complexity index is 679. The molecule has 0 saturated carbocycles. The van der Waals surface area contributed by atoms with Crippen molar-refractivity contribution in [1.29, 1.82) is 0 Å². The number of hydrogen-bond acceptors (Lipinski definition) is 5. The molecule has 0 spiro atoms. The average Bonchev–Trinajstić information content (AvgIpc) is 3.12. The number of piperidine rings is 1. The number of aliphatic hydroxyl groups is 1. The monoisotopic (exact) mass is 402 g/mol. The smallest absolute Gasteiger partial charge is 0.211 e. The van der Waals surface area contributed by atoms with E-state index in [2.05, 4.69) is 15.6 Å². The molecule has 0 bridgehead atoms. The van der Waals surface area contributed by atoms with E-state index in [0.29, 0.717) is 25.0 Å². The van der Waals surface area contributed by atoms with Gasteiger partial charge in [0.25, 0.3) is 0 Å². The average molecular weight is 403 g/mol. The predicted octanol–water partition coefficient (Wildman–Crippen LogP) is 1.18. The van der Waals surface area contributed by atoms with Gasteiger partial charge in [0, 0.05) is 31.1 Å². The maximum atomic E-state index is 11.6. The van der Waals surface area contributed by atoms with Crippen molar-refractivity contribution in [2.45, 2.75) is 32.3 Å². The molecule has 2 rings (SSSR count). The molecule has 1 aromatic heterocycles. The van der Waals surface area contributed by atoms with Crippen LogP contribution >= 0.6 is 11.3 Å². The van der Waals surface area contributed by atoms with Crippen molar-refractivity contribution in [3.8, 4) is 0 Å². The van der Waals surface area contributed by atoms with E-state index in [1.165, 1.54) is 17.6 Å². The lowest BCUT2D eigenvalue weighted by atomic mass is 9.98. The minimum atomic E-state index is -3.09. The van der Waals surface area contributed by atoms with Gasteiger partial charge in [0.05, 0.1) is 12.8 Å². The summed E-state index contributed by atoms with van der Waals surface area (Å²) in [5.41, 5.74) is -0.989. The molecule has 1 atom stereocenters. The molecule has 9 heteroatoms. The van der Waals surface area contributed by atoms with Crippen LogP contribution in [-0.2, 0) is 15.6 Å². The predicted molar refractivity (Wildman–Crippen MR) is 107 cm³/mol. The van der Waals surface area contributed by atoms with E-state index >= 15 is 0 Å². The maximum Gasteiger partial charge on any atom is 0.211 e. The second kappa shape index (κ2) is 9.16. The first-order valence-electron chi connectivity index (χ1n) is 8.96. The lowest BCUT2D eigenvalue weighted by Gasteiger charge is -2.30. The first kappa shape index (κ1) is 21.1. The van der Waals surface area contributed by atoms with Gasteiger partial charge >= 0.3 is 0 Å². The van der Waals surface area contributed by atoms with Crippen LogP contribution in [-0.4, -0.2) is 62.8 Å². The fourth-order valence-electron chi connectivity index (χ4n) is 2.92. The van der Waals surface area contributed by atoms with Crippen LogP contribution in [0.25, 0.3) is 0 Å². The number of guanidine groups is 1. The molecule has 26 heavy (non-hydrogen) atoms. The van der Waals surface area contributed by atoms with Gasteiger partial charge < -0.3 is 15.7 Å². The standard InChI is InChI=1S/C17H30N4O3S2/c1-4-18-16(20-13-17(2,22)15-6-5-11-25-15)19-12-14-7-9-21(10-8-14)26(3,23)24/h5-6,11,14,22H,4,7-10,12-13H2,1-3H3,(H2,18,19,20). The topological polar surface area (TPSA) is 94.0 Å². The summed E-state index contributed by atoms with van der Waals surface area (Å²) in [6.45, 7) is 6.67. The second-order valence-corrected chi connectivity index (χ2v) is 9.86. The van der Waals surface area contributed by atoms with Gasteiger partial charge in [0.1, 0.15) is 5.60 Å². The zero-order valence-electron chi connectivity index (χ0n) is 15.7. The molecule has 0 aliphatic carbocycles. The lowest BCUT2D eigenvalue weighted by molar-refractivity contribution is 0.0711. The molecule has 1 unspecified atom stereocenters. The summed E-state index contributed by atoms with van der Waals surface area (Å²) >= 11 is 1.52. The molecule has 7 nitrogen and oxygen atoms in total. The Hall–Kier alpha value is -1.16. The molecule has 1 aliphatic rings. The van der Waals surface area contributed by atoms with Gasteiger partial charge in [0.2, 0.25) is 10.0 Å². The molecule has 0 radical (unpaired) electrons. The minimum absolute atomic E-state index is 0.273. The molecule has 1 aromatic rings. The van der Waals surface area contributed by atoms with Crippen molar-refractivity contribution in [2.24, 2.45) is 10.9 Å². The molecular weight excluding hydrogens is 372 g/mol. The van der Waals surface area contributed by atoms with Gasteiger partial charge in [-0.25, -0.2) is 17.7 Å². The van der Waals surface area contributed by atoms with Crippen molar-refractivity contribution in [3.05, 3.63) is 22.4 Å². The number of aliphatic imine (C=N–C) groups is 1. The molecule has 2 heterocycles. The molecule has 0 aromatic carbocycles. The third-order valence-electron chi connectivity index (χ3n) is 4.54. The van der Waals surface area contributed by atoms with E-state index in [0.717, 1.165) is 30.8 Å². The first-order valence-corrected chi connectivity index (χ1v) is 11.7. The van der Waals surface area contributed by atoms with Crippen LogP contribution < -0.4 is 10.6 Å². The fraction of sp³-hybridized carbons (Fsp3) is 0.706. The summed E-state index contributed by atoms with van der Waals surface area (Å²) in [5.74, 6) is 1.09. The quantitative estimate of drug-likeness (QED) is 0.470. The van der Waals surface area contributed by atoms with E-state index in [4.69, 9.17) is 0 Å². The van der Waals surface area contributed by atoms with Gasteiger partial charge in [-0.1, -0.05) is 6.07 Å². The van der Waals surface area contributed by atoms with E-state index < -0.39 is 15.6 Å². The first-order chi connectivity index (χ1) is 12.2. The number of thiophene rings is 1. The van der Waals surface area contributed by atoms with E-state index in [-0.39, 0.29) is 6.54 Å². The van der Waals surface area contributed by atoms with Gasteiger partial charge in [-0.15, -0.1) is 11.3 Å². The zero-order chi connectivity index (χ0) is 19.2. The van der Waals surface area contributed by atoms with Crippen LogP contribution in [0.5, 0.6) is 0 Å². The lowest BCUT2D eigenvalue weighted by Crippen LogP contribution is -2.44. The summed E-state index contributed by atoms with van der Waals surface area (Å²) in [6, 6.07) is 3.83. The van der Waals surface area contributed by atoms with Crippen molar-refractivity contribution in [3.63, 3.8) is 0 Å². The number of rotatable bonds is 7. The molecule has 1 aliphatic heterocycles. The molecular formula is C17H30N4O3S2. The zero-order valence-corrected chi connectivity index (χ0v) is 17.4. The van der Waals surface area contributed by atoms with Crippen molar-refractivity contribution in [1.82, 2.24) is 14.9 Å². The molecule has 1 saturated heterocycles. The van der Waals surface area contributed by atoms with Crippen LogP contribution in [0.4, 0.5) is 0 Å². The second-order valence-electron chi connectivity index (χ2n) is 6.93. The SMILES string of the molecule is CCNC(=NCC(C)(O)c1cccs1)NCC1CCN(S(C)(=O)=O)CC1. The molecule has 1 fully saturated rings. The van der Waals surface area contributed by atoms with Crippen LogP contribution in [0, 0.1) is 5.92 Å². The summed E-state index contributed by atoms with van der Waals surface area (Å²) in [5, 5.41) is 19.1. The third kappa shape index (κ3) is 6.22. The van der Waals surface area contributed by atoms with Crippen LogP contribution in [0.3, 0.4) is 0 Å². The highest BCUT2D eigenvalue weighted by atomic mass is 32.2. The van der Waals surface area contributed by atoms with Crippen molar-refractivity contribution in [2.75, 3.05) is 39.0 Å². The summed E-state index contributed by atoms with van der Waals surface area (Å²) in [6.07, 6.45) is 2.94. The highest BCUT2D eigenvalue weighted by Crippen LogP contribution is 2.25. The van der Waals surface area contributed by atoms with Crippen molar-refractivity contribution >= 4 is 27.3 Å². The Morgan fingerprint density at radius 3 is 2.65 bits per heavy atom. The Morgan fingerprint density at radius 2 is 2.12 bits per heavy atom. The summed E-state index contributed by atoms with van der Waals surface area (Å²) < 4.78 is 24.7. The van der Waals surface area contributed by atoms with E-state index in [1.807, 2.05) is 24.4 Å². The summed E-state index contributed by atoms with van der Waals surface area (Å²) in [4.78, 5) is 5.42. The van der Waals surface area contributed by atoms with Crippen molar-refractivity contribution < 1.29 is 13.5 Å². The van der Waals surface area contributed by atoms with Crippen LogP contribution in [0.15, 0.2) is 22.5 Å².